The maximum atomic E-state index is 15.9. The minimum absolute atomic E-state index is 0.116. The lowest BCUT2D eigenvalue weighted by Crippen LogP contribution is -2.48. The number of hydrogen-bond acceptors (Lipinski definition) is 11. The fraction of sp³-hybridized carbons (Fsp3) is 0.484. The molecular weight excluding hydrogens is 654 g/mol. The number of aliphatic hydroxyl groups is 1. The largest absolute Gasteiger partial charge is 0.464 e. The van der Waals surface area contributed by atoms with Crippen molar-refractivity contribution in [3.8, 4) is 5.75 Å². The number of carbonyl (C=O) groups is 1. The zero-order valence-electron chi connectivity index (χ0n) is 26.9. The van der Waals surface area contributed by atoms with Crippen LogP contribution in [-0.4, -0.2) is 80.7 Å². The van der Waals surface area contributed by atoms with E-state index in [4.69, 9.17) is 30.1 Å². The van der Waals surface area contributed by atoms with Crippen molar-refractivity contribution in [1.82, 2.24) is 24.6 Å². The highest BCUT2D eigenvalue weighted by molar-refractivity contribution is 7.52. The molecule has 2 aromatic carbocycles. The second-order valence-electron chi connectivity index (χ2n) is 12.6. The zero-order valence-corrected chi connectivity index (χ0v) is 28.6. The van der Waals surface area contributed by atoms with Crippen molar-refractivity contribution in [3.63, 3.8) is 0 Å². The van der Waals surface area contributed by atoms with Crippen LogP contribution in [0, 0.1) is 12.3 Å². The van der Waals surface area contributed by atoms with E-state index in [2.05, 4.69) is 25.4 Å². The van der Waals surface area contributed by atoms with Gasteiger partial charge in [0.15, 0.2) is 29.4 Å². The van der Waals surface area contributed by atoms with Crippen LogP contribution in [-0.2, 0) is 23.4 Å². The predicted molar refractivity (Wildman–Crippen MR) is 175 cm³/mol. The average molecular weight is 693 g/mol. The number of aryl methyl sites for hydroxylation is 1. The summed E-state index contributed by atoms with van der Waals surface area (Å²) in [5.74, 6) is -0.116. The number of aliphatic hydroxyl groups excluding tert-OH is 1. The quantitative estimate of drug-likeness (QED) is 0.100. The van der Waals surface area contributed by atoms with E-state index < -0.39 is 56.3 Å². The first kappa shape index (κ1) is 34.9. The smallest absolute Gasteiger partial charge is 0.459 e. The first-order valence-corrected chi connectivity index (χ1v) is 17.1. The molecule has 2 aromatic heterocycles. The number of fused-ring (bicyclic) bond motifs is 2. The van der Waals surface area contributed by atoms with Crippen molar-refractivity contribution in [1.29, 1.82) is 0 Å². The summed E-state index contributed by atoms with van der Waals surface area (Å²) in [6.45, 7) is 8.26. The molecule has 1 aliphatic heterocycles. The van der Waals surface area contributed by atoms with Gasteiger partial charge in [0.1, 0.15) is 29.3 Å². The van der Waals surface area contributed by atoms with Gasteiger partial charge in [-0.1, -0.05) is 57.2 Å². The molecule has 47 heavy (non-hydrogen) atoms. The summed E-state index contributed by atoms with van der Waals surface area (Å²) in [5.41, 5.74) is -1.57. The van der Waals surface area contributed by atoms with Crippen LogP contribution in [0.1, 0.15) is 39.7 Å². The van der Waals surface area contributed by atoms with Crippen LogP contribution in [0.3, 0.4) is 0 Å². The Morgan fingerprint density at radius 3 is 2.66 bits per heavy atom. The second kappa shape index (κ2) is 13.6. The van der Waals surface area contributed by atoms with Crippen LogP contribution in [0.25, 0.3) is 21.9 Å². The molecule has 0 spiro atoms. The van der Waals surface area contributed by atoms with Crippen molar-refractivity contribution >= 4 is 53.1 Å². The van der Waals surface area contributed by atoms with Gasteiger partial charge in [-0.15, -0.1) is 11.6 Å². The first-order chi connectivity index (χ1) is 22.2. The molecule has 0 amide bonds. The van der Waals surface area contributed by atoms with Crippen LogP contribution in [0.4, 0.5) is 10.2 Å². The summed E-state index contributed by atoms with van der Waals surface area (Å²) < 4.78 is 55.1. The number of esters is 1. The van der Waals surface area contributed by atoms with Gasteiger partial charge in [0.2, 0.25) is 0 Å². The Bertz CT molecular complexity index is 1800. The van der Waals surface area contributed by atoms with Crippen LogP contribution in [0.2, 0.25) is 0 Å². The van der Waals surface area contributed by atoms with E-state index in [9.17, 15) is 14.5 Å². The molecule has 4 aromatic rings. The topological polar surface area (TPSA) is 159 Å². The van der Waals surface area contributed by atoms with Gasteiger partial charge < -0.3 is 24.4 Å². The molecule has 0 saturated carbocycles. The van der Waals surface area contributed by atoms with Gasteiger partial charge >= 0.3 is 13.7 Å². The number of alkyl halides is 2. The monoisotopic (exact) mass is 692 g/mol. The van der Waals surface area contributed by atoms with E-state index in [1.807, 2.05) is 39.0 Å². The van der Waals surface area contributed by atoms with E-state index in [0.717, 1.165) is 5.39 Å². The van der Waals surface area contributed by atoms with Crippen LogP contribution in [0.5, 0.6) is 5.75 Å². The third kappa shape index (κ3) is 7.38. The zero-order chi connectivity index (χ0) is 34.1. The lowest BCUT2D eigenvalue weighted by Gasteiger charge is -2.32. The summed E-state index contributed by atoms with van der Waals surface area (Å²) in [5, 5.41) is 18.2. The molecular formula is C31H39ClFN6O7P. The second-order valence-corrected chi connectivity index (χ2v) is 14.6. The highest BCUT2D eigenvalue weighted by Gasteiger charge is 2.57. The maximum Gasteiger partial charge on any atom is 0.459 e. The molecule has 0 radical (unpaired) electrons. The number of imidazole rings is 1. The highest BCUT2D eigenvalue weighted by atomic mass is 35.5. The van der Waals surface area contributed by atoms with Gasteiger partial charge in [-0.2, -0.15) is 5.09 Å². The molecule has 16 heteroatoms. The van der Waals surface area contributed by atoms with Crippen LogP contribution < -0.4 is 14.9 Å². The Morgan fingerprint density at radius 2 is 1.96 bits per heavy atom. The predicted octanol–water partition coefficient (Wildman–Crippen LogP) is 5.31. The van der Waals surface area contributed by atoms with Gasteiger partial charge in [-0.25, -0.2) is 23.9 Å². The Balaban J connectivity index is 1.44. The number of halogens is 2. The van der Waals surface area contributed by atoms with Crippen molar-refractivity contribution in [2.75, 3.05) is 31.5 Å². The molecule has 1 fully saturated rings. The molecule has 13 nitrogen and oxygen atoms in total. The molecule has 3 N–H and O–H groups in total. The molecule has 0 aliphatic carbocycles. The standard InChI is InChI=1S/C31H39ClFN6O7P/c1-18(29(41)43-15-30(3,4)5)38-47(42,46-22-13-9-11-20-10-7-8-12-21(20)22)44-16-31(14-32)25(40)23(33)28(45-31)39-17-35-24-26(34-6)36-19(2)37-27(24)39/h7-13,17-18,23,25,28,40H,14-16H2,1-6H3,(H,38,42)(H,34,36,37)/t18-,23-,25-,28+,31+,47?/m0/s1. The molecule has 1 aliphatic rings. The fourth-order valence-corrected chi connectivity index (χ4v) is 6.94. The number of benzene rings is 2. The minimum Gasteiger partial charge on any atom is -0.464 e. The van der Waals surface area contributed by atoms with Crippen LogP contribution >= 0.6 is 19.3 Å². The van der Waals surface area contributed by atoms with E-state index in [-0.39, 0.29) is 23.4 Å². The fourth-order valence-electron chi connectivity index (χ4n) is 5.08. The summed E-state index contributed by atoms with van der Waals surface area (Å²) in [6.07, 6.45) is -3.93. The summed E-state index contributed by atoms with van der Waals surface area (Å²) in [7, 11) is -2.81. The Morgan fingerprint density at radius 1 is 1.23 bits per heavy atom. The average Bonchev–Trinajstić information content (AvgIpc) is 3.56. The normalized spacial score (nSPS) is 23.5. The Kier molecular flexibility index (Phi) is 10.1. The number of nitrogens with one attached hydrogen (secondary N) is 2. The molecule has 0 bridgehead atoms. The lowest BCUT2D eigenvalue weighted by atomic mass is 9.99. The molecule has 6 atom stereocenters. The van der Waals surface area contributed by atoms with E-state index >= 15 is 4.39 Å². The van der Waals surface area contributed by atoms with Crippen molar-refractivity contribution < 1.29 is 37.4 Å². The first-order valence-electron chi connectivity index (χ1n) is 15.0. The molecule has 3 heterocycles. The molecule has 1 unspecified atom stereocenters. The minimum atomic E-state index is -4.48. The van der Waals surface area contributed by atoms with Gasteiger partial charge in [0.05, 0.1) is 25.4 Å². The van der Waals surface area contributed by atoms with E-state index in [0.29, 0.717) is 22.5 Å². The SMILES string of the molecule is CNc1nc(C)nc2c1ncn2[C@@H]1O[C@](CCl)(COP(=O)(N[C@@H](C)C(=O)OCC(C)(C)C)Oc2cccc3ccccc23)[C@@H](O)[C@@H]1F. The van der Waals surface area contributed by atoms with Crippen molar-refractivity contribution in [3.05, 3.63) is 54.6 Å². The number of nitrogens with zero attached hydrogens (tertiary/aromatic N) is 4. The Labute approximate surface area is 276 Å². The summed E-state index contributed by atoms with van der Waals surface area (Å²) in [6, 6.07) is 11.3. The van der Waals surface area contributed by atoms with Gasteiger partial charge in [-0.3, -0.25) is 13.9 Å². The number of carbonyl (C=O) groups excluding carboxylic acids is 1. The van der Waals surface area contributed by atoms with Crippen molar-refractivity contribution in [2.24, 2.45) is 5.41 Å². The van der Waals surface area contributed by atoms with Crippen molar-refractivity contribution in [2.45, 2.75) is 64.8 Å². The molecule has 5 rings (SSSR count). The summed E-state index contributed by atoms with van der Waals surface area (Å²) in [4.78, 5) is 25.9. The van der Waals surface area contributed by atoms with Gasteiger partial charge in [0.25, 0.3) is 0 Å². The number of anilines is 1. The third-order valence-corrected chi connectivity index (χ3v) is 9.60. The number of ether oxygens (including phenoxy) is 2. The number of aromatic nitrogens is 4. The lowest BCUT2D eigenvalue weighted by molar-refractivity contribution is -0.148. The highest BCUT2D eigenvalue weighted by Crippen LogP contribution is 2.50. The number of rotatable bonds is 12. The third-order valence-electron chi connectivity index (χ3n) is 7.54. The maximum absolute atomic E-state index is 15.9. The molecule has 1 saturated heterocycles. The van der Waals surface area contributed by atoms with Crippen LogP contribution in [0.15, 0.2) is 48.8 Å². The number of hydrogen-bond donors (Lipinski definition) is 3. The summed E-state index contributed by atoms with van der Waals surface area (Å²) >= 11 is 6.33. The molecule has 254 valence electrons. The van der Waals surface area contributed by atoms with E-state index in [1.54, 1.807) is 38.2 Å². The Hall–Kier alpha value is -3.39. The van der Waals surface area contributed by atoms with Gasteiger partial charge in [-0.05, 0) is 30.7 Å². The van der Waals surface area contributed by atoms with E-state index in [1.165, 1.54) is 17.8 Å². The van der Waals surface area contributed by atoms with Gasteiger partial charge in [0, 0.05) is 12.4 Å².